The van der Waals surface area contributed by atoms with Crippen molar-refractivity contribution in [2.75, 3.05) is 12.4 Å². The monoisotopic (exact) mass is 277 g/mol. The molecule has 2 aromatic carbocycles. The van der Waals surface area contributed by atoms with Crippen molar-refractivity contribution in [1.82, 2.24) is 0 Å². The third kappa shape index (κ3) is 3.17. The van der Waals surface area contributed by atoms with E-state index in [4.69, 9.17) is 16.3 Å². The van der Waals surface area contributed by atoms with Crippen LogP contribution in [0.4, 0.5) is 5.69 Å². The van der Waals surface area contributed by atoms with Gasteiger partial charge in [0.25, 0.3) is 5.91 Å². The van der Waals surface area contributed by atoms with Gasteiger partial charge < -0.3 is 15.2 Å². The van der Waals surface area contributed by atoms with Crippen LogP contribution < -0.4 is 10.1 Å². The van der Waals surface area contributed by atoms with Crippen molar-refractivity contribution in [3.8, 4) is 11.5 Å². The van der Waals surface area contributed by atoms with Crippen LogP contribution >= 0.6 is 11.6 Å². The van der Waals surface area contributed by atoms with Gasteiger partial charge in [0.15, 0.2) is 11.5 Å². The summed E-state index contributed by atoms with van der Waals surface area (Å²) in [5.74, 6) is -0.0745. The van der Waals surface area contributed by atoms with E-state index in [1.54, 1.807) is 30.3 Å². The van der Waals surface area contributed by atoms with Crippen LogP contribution in [0.3, 0.4) is 0 Å². The first-order valence-corrected chi connectivity index (χ1v) is 5.92. The Kier molecular flexibility index (Phi) is 3.92. The molecule has 0 spiro atoms. The van der Waals surface area contributed by atoms with Crippen LogP contribution in [-0.4, -0.2) is 18.1 Å². The fourth-order valence-corrected chi connectivity index (χ4v) is 1.69. The van der Waals surface area contributed by atoms with Gasteiger partial charge in [-0.15, -0.1) is 0 Å². The Morgan fingerprint density at radius 3 is 2.47 bits per heavy atom. The number of aromatic hydroxyl groups is 1. The van der Waals surface area contributed by atoms with Crippen molar-refractivity contribution in [2.45, 2.75) is 0 Å². The summed E-state index contributed by atoms with van der Waals surface area (Å²) in [6.45, 7) is 0. The second kappa shape index (κ2) is 5.63. The van der Waals surface area contributed by atoms with Crippen molar-refractivity contribution in [2.24, 2.45) is 0 Å². The lowest BCUT2D eigenvalue weighted by atomic mass is 10.2. The maximum absolute atomic E-state index is 12.0. The van der Waals surface area contributed by atoms with Gasteiger partial charge in [-0.2, -0.15) is 0 Å². The van der Waals surface area contributed by atoms with E-state index in [0.717, 1.165) is 0 Å². The van der Waals surface area contributed by atoms with Gasteiger partial charge in [0.05, 0.1) is 7.11 Å². The molecular formula is C14H12ClNO3. The number of amides is 1. The Bertz CT molecular complexity index is 596. The largest absolute Gasteiger partial charge is 0.504 e. The molecule has 98 valence electrons. The minimum Gasteiger partial charge on any atom is -0.504 e. The first-order valence-electron chi connectivity index (χ1n) is 5.54. The summed E-state index contributed by atoms with van der Waals surface area (Å²) in [4.78, 5) is 12.0. The summed E-state index contributed by atoms with van der Waals surface area (Å²) in [5.41, 5.74) is 0.970. The third-order valence-electron chi connectivity index (χ3n) is 2.54. The predicted octanol–water partition coefficient (Wildman–Crippen LogP) is 3.31. The standard InChI is InChI=1S/C14H12ClNO3/c1-19-13-7-2-9(8-12(13)17)14(18)16-11-5-3-10(15)4-6-11/h2-8,17H,1H3,(H,16,18). The zero-order valence-electron chi connectivity index (χ0n) is 10.2. The summed E-state index contributed by atoms with van der Waals surface area (Å²) in [6.07, 6.45) is 0. The number of hydrogen-bond acceptors (Lipinski definition) is 3. The second-order valence-electron chi connectivity index (χ2n) is 3.85. The summed E-state index contributed by atoms with van der Waals surface area (Å²) in [7, 11) is 1.45. The average Bonchev–Trinajstić information content (AvgIpc) is 2.41. The Morgan fingerprint density at radius 2 is 1.89 bits per heavy atom. The van der Waals surface area contributed by atoms with Gasteiger partial charge in [0.2, 0.25) is 0 Å². The van der Waals surface area contributed by atoms with Crippen LogP contribution in [0.5, 0.6) is 11.5 Å². The molecule has 0 radical (unpaired) electrons. The molecule has 0 saturated heterocycles. The summed E-state index contributed by atoms with van der Waals surface area (Å²) in [6, 6.07) is 11.2. The zero-order chi connectivity index (χ0) is 13.8. The quantitative estimate of drug-likeness (QED) is 0.905. The van der Waals surface area contributed by atoms with Gasteiger partial charge in [0.1, 0.15) is 0 Å². The molecule has 0 aliphatic heterocycles. The molecule has 0 aromatic heterocycles. The highest BCUT2D eigenvalue weighted by Crippen LogP contribution is 2.26. The first-order chi connectivity index (χ1) is 9.10. The Morgan fingerprint density at radius 1 is 1.21 bits per heavy atom. The summed E-state index contributed by atoms with van der Waals surface area (Å²) < 4.78 is 4.91. The van der Waals surface area contributed by atoms with Crippen LogP contribution in [0.1, 0.15) is 10.4 Å². The van der Waals surface area contributed by atoms with E-state index < -0.39 is 0 Å². The second-order valence-corrected chi connectivity index (χ2v) is 4.28. The van der Waals surface area contributed by atoms with E-state index in [-0.39, 0.29) is 11.7 Å². The van der Waals surface area contributed by atoms with Crippen molar-refractivity contribution in [3.63, 3.8) is 0 Å². The minimum absolute atomic E-state index is 0.0775. The molecule has 5 heteroatoms. The minimum atomic E-state index is -0.319. The number of rotatable bonds is 3. The van der Waals surface area contributed by atoms with Crippen LogP contribution in [-0.2, 0) is 0 Å². The van der Waals surface area contributed by atoms with Gasteiger partial charge in [-0.05, 0) is 42.5 Å². The molecule has 0 bridgehead atoms. The molecule has 0 fully saturated rings. The highest BCUT2D eigenvalue weighted by atomic mass is 35.5. The Labute approximate surface area is 115 Å². The molecule has 2 rings (SSSR count). The van der Waals surface area contributed by atoms with Crippen molar-refractivity contribution >= 4 is 23.2 Å². The molecule has 0 aliphatic carbocycles. The number of ether oxygens (including phenoxy) is 1. The van der Waals surface area contributed by atoms with E-state index in [0.29, 0.717) is 22.0 Å². The normalized spacial score (nSPS) is 10.0. The summed E-state index contributed by atoms with van der Waals surface area (Å²) in [5, 5.41) is 12.9. The van der Waals surface area contributed by atoms with Gasteiger partial charge in [-0.1, -0.05) is 11.6 Å². The lowest BCUT2D eigenvalue weighted by Gasteiger charge is -2.07. The number of phenolic OH excluding ortho intramolecular Hbond substituents is 1. The molecule has 2 N–H and O–H groups in total. The van der Waals surface area contributed by atoms with E-state index in [1.807, 2.05) is 0 Å². The maximum atomic E-state index is 12.0. The lowest BCUT2D eigenvalue weighted by Crippen LogP contribution is -2.11. The first kappa shape index (κ1) is 13.2. The van der Waals surface area contributed by atoms with E-state index in [2.05, 4.69) is 5.32 Å². The number of benzene rings is 2. The topological polar surface area (TPSA) is 58.6 Å². The van der Waals surface area contributed by atoms with E-state index in [1.165, 1.54) is 19.2 Å². The fourth-order valence-electron chi connectivity index (χ4n) is 1.57. The SMILES string of the molecule is COc1ccc(C(=O)Nc2ccc(Cl)cc2)cc1O. The Hall–Kier alpha value is -2.20. The number of phenols is 1. The van der Waals surface area contributed by atoms with E-state index >= 15 is 0 Å². The van der Waals surface area contributed by atoms with Crippen LogP contribution in [0.15, 0.2) is 42.5 Å². The highest BCUT2D eigenvalue weighted by Gasteiger charge is 2.09. The zero-order valence-corrected chi connectivity index (χ0v) is 10.9. The smallest absolute Gasteiger partial charge is 0.255 e. The molecule has 0 unspecified atom stereocenters. The predicted molar refractivity (Wildman–Crippen MR) is 74.1 cm³/mol. The number of anilines is 1. The molecule has 0 aliphatic rings. The molecule has 0 atom stereocenters. The number of carbonyl (C=O) groups is 1. The fraction of sp³-hybridized carbons (Fsp3) is 0.0714. The summed E-state index contributed by atoms with van der Waals surface area (Å²) >= 11 is 5.76. The van der Waals surface area contributed by atoms with E-state index in [9.17, 15) is 9.90 Å². The maximum Gasteiger partial charge on any atom is 0.255 e. The van der Waals surface area contributed by atoms with Gasteiger partial charge in [-0.25, -0.2) is 0 Å². The van der Waals surface area contributed by atoms with Crippen LogP contribution in [0.2, 0.25) is 5.02 Å². The number of hydrogen-bond donors (Lipinski definition) is 2. The van der Waals surface area contributed by atoms with Gasteiger partial charge in [-0.3, -0.25) is 4.79 Å². The van der Waals surface area contributed by atoms with Crippen molar-refractivity contribution in [3.05, 3.63) is 53.1 Å². The number of nitrogens with one attached hydrogen (secondary N) is 1. The molecule has 0 saturated carbocycles. The Balaban J connectivity index is 2.16. The number of carbonyl (C=O) groups excluding carboxylic acids is 1. The van der Waals surface area contributed by atoms with Crippen molar-refractivity contribution in [1.29, 1.82) is 0 Å². The average molecular weight is 278 g/mol. The lowest BCUT2D eigenvalue weighted by molar-refractivity contribution is 0.102. The number of methoxy groups -OCH3 is 1. The van der Waals surface area contributed by atoms with Crippen LogP contribution in [0.25, 0.3) is 0 Å². The highest BCUT2D eigenvalue weighted by molar-refractivity contribution is 6.30. The van der Waals surface area contributed by atoms with Gasteiger partial charge >= 0.3 is 0 Å². The van der Waals surface area contributed by atoms with Crippen molar-refractivity contribution < 1.29 is 14.6 Å². The number of halogens is 1. The molecule has 4 nitrogen and oxygen atoms in total. The van der Waals surface area contributed by atoms with Gasteiger partial charge in [0, 0.05) is 16.3 Å². The molecule has 0 heterocycles. The molecule has 19 heavy (non-hydrogen) atoms. The molecule has 2 aromatic rings. The molecule has 1 amide bonds. The third-order valence-corrected chi connectivity index (χ3v) is 2.80. The molecular weight excluding hydrogens is 266 g/mol. The van der Waals surface area contributed by atoms with Crippen LogP contribution in [0, 0.1) is 0 Å².